The third-order valence-electron chi connectivity index (χ3n) is 3.34. The average Bonchev–Trinajstić information content (AvgIpc) is 2.50. The van der Waals surface area contributed by atoms with Crippen LogP contribution in [0.2, 0.25) is 5.02 Å². The standard InChI is InChI=1S/C14H21ClN2O4S/c1-2-21-14-11-12(3-4-13(14)15)22(18,19)16-5-6-17-7-9-20-10-8-17/h3-4,11,16H,2,5-10H2,1H3. The maximum atomic E-state index is 12.3. The Morgan fingerprint density at radius 3 is 2.77 bits per heavy atom. The van der Waals surface area contributed by atoms with Gasteiger partial charge >= 0.3 is 0 Å². The number of sulfonamides is 1. The molecule has 0 atom stereocenters. The van der Waals surface area contributed by atoms with E-state index in [4.69, 9.17) is 21.1 Å². The average molecular weight is 349 g/mol. The molecule has 124 valence electrons. The molecule has 8 heteroatoms. The lowest BCUT2D eigenvalue weighted by Crippen LogP contribution is -2.41. The minimum atomic E-state index is -3.57. The van der Waals surface area contributed by atoms with Gasteiger partial charge in [0.2, 0.25) is 10.0 Å². The van der Waals surface area contributed by atoms with E-state index in [9.17, 15) is 8.42 Å². The van der Waals surface area contributed by atoms with E-state index in [1.54, 1.807) is 0 Å². The molecular formula is C14H21ClN2O4S. The molecule has 1 saturated heterocycles. The van der Waals surface area contributed by atoms with Gasteiger partial charge in [-0.05, 0) is 19.1 Å². The van der Waals surface area contributed by atoms with Gasteiger partial charge in [0.25, 0.3) is 0 Å². The van der Waals surface area contributed by atoms with Crippen LogP contribution in [0.3, 0.4) is 0 Å². The molecule has 2 rings (SSSR count). The molecular weight excluding hydrogens is 328 g/mol. The molecule has 1 aliphatic rings. The highest BCUT2D eigenvalue weighted by Gasteiger charge is 2.17. The van der Waals surface area contributed by atoms with Crippen LogP contribution in [0, 0.1) is 0 Å². The molecule has 1 aliphatic heterocycles. The second-order valence-electron chi connectivity index (χ2n) is 4.88. The van der Waals surface area contributed by atoms with Gasteiger partial charge in [-0.3, -0.25) is 4.90 Å². The van der Waals surface area contributed by atoms with Gasteiger partial charge in [-0.2, -0.15) is 0 Å². The van der Waals surface area contributed by atoms with E-state index in [-0.39, 0.29) is 4.90 Å². The zero-order valence-electron chi connectivity index (χ0n) is 12.5. The fourth-order valence-electron chi connectivity index (χ4n) is 2.16. The van der Waals surface area contributed by atoms with Crippen LogP contribution in [0.25, 0.3) is 0 Å². The van der Waals surface area contributed by atoms with Gasteiger partial charge in [0.05, 0.1) is 29.7 Å². The Morgan fingerprint density at radius 2 is 2.09 bits per heavy atom. The summed E-state index contributed by atoms with van der Waals surface area (Å²) in [6.45, 7) is 6.31. The van der Waals surface area contributed by atoms with Gasteiger partial charge in [-0.25, -0.2) is 13.1 Å². The lowest BCUT2D eigenvalue weighted by Gasteiger charge is -2.26. The molecule has 0 spiro atoms. The van der Waals surface area contributed by atoms with Gasteiger partial charge < -0.3 is 9.47 Å². The Morgan fingerprint density at radius 1 is 1.36 bits per heavy atom. The van der Waals surface area contributed by atoms with Crippen molar-refractivity contribution in [2.24, 2.45) is 0 Å². The Labute approximate surface area is 136 Å². The molecule has 0 bridgehead atoms. The zero-order chi connectivity index (χ0) is 16.0. The van der Waals surface area contributed by atoms with E-state index in [2.05, 4.69) is 9.62 Å². The van der Waals surface area contributed by atoms with Gasteiger partial charge in [0.1, 0.15) is 5.75 Å². The highest BCUT2D eigenvalue weighted by molar-refractivity contribution is 7.89. The van der Waals surface area contributed by atoms with Gasteiger partial charge in [-0.15, -0.1) is 0 Å². The van der Waals surface area contributed by atoms with Crippen LogP contribution in [-0.2, 0) is 14.8 Å². The molecule has 6 nitrogen and oxygen atoms in total. The first-order chi connectivity index (χ1) is 10.5. The van der Waals surface area contributed by atoms with Gasteiger partial charge in [-0.1, -0.05) is 11.6 Å². The number of nitrogens with one attached hydrogen (secondary N) is 1. The van der Waals surface area contributed by atoms with Gasteiger partial charge in [0, 0.05) is 32.2 Å². The third-order valence-corrected chi connectivity index (χ3v) is 5.11. The van der Waals surface area contributed by atoms with E-state index in [1.807, 2.05) is 6.92 Å². The highest BCUT2D eigenvalue weighted by atomic mass is 35.5. The monoisotopic (exact) mass is 348 g/mol. The Balaban J connectivity index is 1.95. The van der Waals surface area contributed by atoms with Crippen LogP contribution in [0.15, 0.2) is 23.1 Å². The number of rotatable bonds is 7. The summed E-state index contributed by atoms with van der Waals surface area (Å²) < 4.78 is 37.8. The molecule has 22 heavy (non-hydrogen) atoms. The summed E-state index contributed by atoms with van der Waals surface area (Å²) in [5.74, 6) is 0.375. The van der Waals surface area contributed by atoms with E-state index >= 15 is 0 Å². The molecule has 0 radical (unpaired) electrons. The van der Waals surface area contributed by atoms with Crippen LogP contribution in [0.1, 0.15) is 6.92 Å². The predicted molar refractivity (Wildman–Crippen MR) is 85.1 cm³/mol. The van der Waals surface area contributed by atoms with Gasteiger partial charge in [0.15, 0.2) is 0 Å². The van der Waals surface area contributed by atoms with Crippen LogP contribution in [0.4, 0.5) is 0 Å². The smallest absolute Gasteiger partial charge is 0.240 e. The van der Waals surface area contributed by atoms with E-state index in [0.717, 1.165) is 13.1 Å². The third kappa shape index (κ3) is 4.82. The first kappa shape index (κ1) is 17.5. The number of halogens is 1. The van der Waals surface area contributed by atoms with Crippen molar-refractivity contribution in [3.8, 4) is 5.75 Å². The van der Waals surface area contributed by atoms with Crippen molar-refractivity contribution in [1.29, 1.82) is 0 Å². The topological polar surface area (TPSA) is 67.9 Å². The SMILES string of the molecule is CCOc1cc(S(=O)(=O)NCCN2CCOCC2)ccc1Cl. The van der Waals surface area contributed by atoms with E-state index in [0.29, 0.717) is 43.7 Å². The van der Waals surface area contributed by atoms with Crippen molar-refractivity contribution in [3.05, 3.63) is 23.2 Å². The van der Waals surface area contributed by atoms with Crippen molar-refractivity contribution in [1.82, 2.24) is 9.62 Å². The molecule has 0 aromatic heterocycles. The second kappa shape index (κ2) is 8.12. The Kier molecular flexibility index (Phi) is 6.46. The second-order valence-corrected chi connectivity index (χ2v) is 7.05. The summed E-state index contributed by atoms with van der Waals surface area (Å²) in [6, 6.07) is 4.45. The summed E-state index contributed by atoms with van der Waals surface area (Å²) in [5.41, 5.74) is 0. The number of hydrogen-bond donors (Lipinski definition) is 1. The van der Waals surface area contributed by atoms with Crippen LogP contribution in [-0.4, -0.2) is 59.3 Å². The van der Waals surface area contributed by atoms with Crippen molar-refractivity contribution < 1.29 is 17.9 Å². The van der Waals surface area contributed by atoms with Crippen LogP contribution >= 0.6 is 11.6 Å². The van der Waals surface area contributed by atoms with Crippen molar-refractivity contribution in [3.63, 3.8) is 0 Å². The number of morpholine rings is 1. The molecule has 1 N–H and O–H groups in total. The van der Waals surface area contributed by atoms with Crippen molar-refractivity contribution >= 4 is 21.6 Å². The highest BCUT2D eigenvalue weighted by Crippen LogP contribution is 2.27. The molecule has 1 fully saturated rings. The maximum absolute atomic E-state index is 12.3. The van der Waals surface area contributed by atoms with Crippen LogP contribution < -0.4 is 9.46 Å². The predicted octanol–water partition coefficient (Wildman–Crippen LogP) is 1.35. The van der Waals surface area contributed by atoms with E-state index in [1.165, 1.54) is 18.2 Å². The molecule has 0 aliphatic carbocycles. The number of nitrogens with zero attached hydrogens (tertiary/aromatic N) is 1. The lowest BCUT2D eigenvalue weighted by atomic mass is 10.3. The largest absolute Gasteiger partial charge is 0.492 e. The fourth-order valence-corrected chi connectivity index (χ4v) is 3.37. The summed E-state index contributed by atoms with van der Waals surface area (Å²) >= 11 is 5.97. The Bertz CT molecular complexity index is 589. The quantitative estimate of drug-likeness (QED) is 0.805. The minimum absolute atomic E-state index is 0.155. The van der Waals surface area contributed by atoms with E-state index < -0.39 is 10.0 Å². The molecule has 0 amide bonds. The molecule has 1 aromatic carbocycles. The molecule has 0 unspecified atom stereocenters. The summed E-state index contributed by atoms with van der Waals surface area (Å²) in [5, 5.41) is 0.397. The fraction of sp³-hybridized carbons (Fsp3) is 0.571. The maximum Gasteiger partial charge on any atom is 0.240 e. The first-order valence-electron chi connectivity index (χ1n) is 7.25. The van der Waals surface area contributed by atoms with Crippen LogP contribution in [0.5, 0.6) is 5.75 Å². The minimum Gasteiger partial charge on any atom is -0.492 e. The van der Waals surface area contributed by atoms with Crippen molar-refractivity contribution in [2.75, 3.05) is 46.0 Å². The molecule has 1 heterocycles. The first-order valence-corrected chi connectivity index (χ1v) is 9.11. The molecule has 1 aromatic rings. The zero-order valence-corrected chi connectivity index (χ0v) is 14.1. The Hall–Kier alpha value is -0.860. The normalized spacial score (nSPS) is 16.6. The number of hydrogen-bond acceptors (Lipinski definition) is 5. The summed E-state index contributed by atoms with van der Waals surface area (Å²) in [6.07, 6.45) is 0. The summed E-state index contributed by atoms with van der Waals surface area (Å²) in [7, 11) is -3.57. The molecule has 0 saturated carbocycles. The number of ether oxygens (including phenoxy) is 2. The summed E-state index contributed by atoms with van der Waals surface area (Å²) in [4.78, 5) is 2.32. The number of benzene rings is 1. The van der Waals surface area contributed by atoms with Crippen molar-refractivity contribution in [2.45, 2.75) is 11.8 Å². The lowest BCUT2D eigenvalue weighted by molar-refractivity contribution is 0.0390.